The van der Waals surface area contributed by atoms with Crippen LogP contribution in [0.2, 0.25) is 0 Å². The van der Waals surface area contributed by atoms with Crippen molar-refractivity contribution in [3.63, 3.8) is 0 Å². The first-order chi connectivity index (χ1) is 15.7. The zero-order valence-corrected chi connectivity index (χ0v) is 18.0. The molecule has 1 aliphatic carbocycles. The van der Waals surface area contributed by atoms with E-state index in [-0.39, 0.29) is 17.3 Å². The fraction of sp³-hybridized carbons (Fsp3) is 0.375. The summed E-state index contributed by atoms with van der Waals surface area (Å²) >= 11 is 0. The van der Waals surface area contributed by atoms with Crippen LogP contribution < -0.4 is 4.74 Å². The van der Waals surface area contributed by atoms with Crippen molar-refractivity contribution in [3.8, 4) is 17.1 Å². The lowest BCUT2D eigenvalue weighted by Gasteiger charge is -2.28. The van der Waals surface area contributed by atoms with Crippen LogP contribution in [0.15, 0.2) is 42.7 Å². The molecule has 2 aromatic heterocycles. The Bertz CT molecular complexity index is 1120. The van der Waals surface area contributed by atoms with Gasteiger partial charge >= 0.3 is 12.1 Å². The Labute approximate surface area is 188 Å². The average molecular weight is 459 g/mol. The number of pyridine rings is 1. The lowest BCUT2D eigenvalue weighted by Crippen LogP contribution is -2.20. The summed E-state index contributed by atoms with van der Waals surface area (Å²) in [5.41, 5.74) is 1.35. The molecular weight excluding hydrogens is 435 g/mol. The number of carboxylic acid groups (broad SMARTS) is 1. The van der Waals surface area contributed by atoms with E-state index < -0.39 is 17.8 Å². The van der Waals surface area contributed by atoms with Crippen LogP contribution in [-0.4, -0.2) is 32.6 Å². The van der Waals surface area contributed by atoms with Gasteiger partial charge in [0, 0.05) is 35.1 Å². The molecule has 0 saturated heterocycles. The van der Waals surface area contributed by atoms with Gasteiger partial charge in [0.1, 0.15) is 11.6 Å². The minimum Gasteiger partial charge on any atom is -0.493 e. The molecule has 0 unspecified atom stereocenters. The van der Waals surface area contributed by atoms with E-state index in [4.69, 9.17) is 4.74 Å². The molecule has 0 atom stereocenters. The number of nitrogens with zero attached hydrogens (tertiary/aromatic N) is 2. The van der Waals surface area contributed by atoms with Gasteiger partial charge in [0.25, 0.3) is 0 Å². The molecule has 1 fully saturated rings. The van der Waals surface area contributed by atoms with Crippen molar-refractivity contribution in [1.29, 1.82) is 0 Å². The number of hydrogen-bond donors (Lipinski definition) is 2. The smallest absolute Gasteiger partial charge is 0.434 e. The van der Waals surface area contributed by atoms with E-state index >= 15 is 0 Å². The lowest BCUT2D eigenvalue weighted by molar-refractivity contribution is -0.140. The zero-order valence-electron chi connectivity index (χ0n) is 18.0. The summed E-state index contributed by atoms with van der Waals surface area (Å²) in [6, 6.07) is 8.64. The molecule has 0 radical (unpaired) electrons. The van der Waals surface area contributed by atoms with E-state index in [0.717, 1.165) is 37.6 Å². The van der Waals surface area contributed by atoms with Gasteiger partial charge in [-0.15, -0.1) is 0 Å². The Hall–Kier alpha value is -3.36. The van der Waals surface area contributed by atoms with Crippen molar-refractivity contribution in [1.82, 2.24) is 15.0 Å². The monoisotopic (exact) mass is 459 g/mol. The predicted octanol–water partition coefficient (Wildman–Crippen LogP) is 5.85. The number of hydrogen-bond acceptors (Lipinski definition) is 4. The second-order valence-corrected chi connectivity index (χ2v) is 8.37. The molecule has 0 spiro atoms. The summed E-state index contributed by atoms with van der Waals surface area (Å²) in [5, 5.41) is 9.25. The molecule has 2 N–H and O–H groups in total. The van der Waals surface area contributed by atoms with Crippen LogP contribution in [0.3, 0.4) is 0 Å². The van der Waals surface area contributed by atoms with Crippen molar-refractivity contribution in [2.75, 3.05) is 6.61 Å². The van der Waals surface area contributed by atoms with E-state index in [1.807, 2.05) is 6.07 Å². The van der Waals surface area contributed by atoms with Crippen molar-refractivity contribution in [2.24, 2.45) is 5.92 Å². The number of imidazole rings is 1. The lowest BCUT2D eigenvalue weighted by atomic mass is 9.80. The van der Waals surface area contributed by atoms with Crippen LogP contribution in [0.4, 0.5) is 13.2 Å². The Balaban J connectivity index is 1.32. The maximum Gasteiger partial charge on any atom is 0.434 e. The topological polar surface area (TPSA) is 88.1 Å². The highest BCUT2D eigenvalue weighted by atomic mass is 19.4. The number of benzene rings is 1. The maximum atomic E-state index is 12.7. The van der Waals surface area contributed by atoms with E-state index in [1.54, 1.807) is 37.4 Å². The first-order valence-electron chi connectivity index (χ1n) is 10.8. The van der Waals surface area contributed by atoms with Crippen molar-refractivity contribution >= 4 is 5.97 Å². The molecule has 2 heterocycles. The second kappa shape index (κ2) is 9.25. The Morgan fingerprint density at radius 1 is 1.18 bits per heavy atom. The van der Waals surface area contributed by atoms with Crippen LogP contribution in [-0.2, 0) is 6.18 Å². The fourth-order valence-electron chi connectivity index (χ4n) is 4.24. The third-order valence-corrected chi connectivity index (χ3v) is 6.18. The molecule has 9 heteroatoms. The van der Waals surface area contributed by atoms with Crippen LogP contribution in [0.1, 0.15) is 58.9 Å². The Morgan fingerprint density at radius 3 is 2.55 bits per heavy atom. The van der Waals surface area contributed by atoms with Crippen molar-refractivity contribution in [3.05, 3.63) is 65.2 Å². The molecule has 1 aliphatic rings. The molecule has 3 aromatic rings. The number of nitrogens with one attached hydrogen (secondary N) is 1. The molecule has 1 saturated carbocycles. The van der Waals surface area contributed by atoms with Gasteiger partial charge in [0.15, 0.2) is 5.69 Å². The van der Waals surface area contributed by atoms with Crippen LogP contribution >= 0.6 is 0 Å². The van der Waals surface area contributed by atoms with E-state index in [1.165, 1.54) is 0 Å². The molecular formula is C24H24F3N3O3. The number of ether oxygens (including phenoxy) is 1. The number of alkyl halides is 3. The molecule has 4 rings (SSSR count). The summed E-state index contributed by atoms with van der Waals surface area (Å²) in [7, 11) is 0. The van der Waals surface area contributed by atoms with Gasteiger partial charge < -0.3 is 14.8 Å². The Morgan fingerprint density at radius 2 is 1.94 bits per heavy atom. The van der Waals surface area contributed by atoms with Crippen molar-refractivity contribution < 1.29 is 27.8 Å². The van der Waals surface area contributed by atoms with Gasteiger partial charge in [-0.05, 0) is 62.8 Å². The largest absolute Gasteiger partial charge is 0.493 e. The van der Waals surface area contributed by atoms with Gasteiger partial charge in [-0.3, -0.25) is 4.98 Å². The number of H-pyrrole nitrogens is 1. The SMILES string of the molecule is Cc1c(OC[C@H]2CC[C@H](c3ccc(-c4nc(C(F)(F)F)c[nH]4)cn3)CC2)cccc1C(=O)O. The average Bonchev–Trinajstić information content (AvgIpc) is 3.30. The van der Waals surface area contributed by atoms with Crippen LogP contribution in [0.25, 0.3) is 11.4 Å². The minimum atomic E-state index is -4.48. The number of aromatic nitrogens is 3. The molecule has 174 valence electrons. The first kappa shape index (κ1) is 22.8. The van der Waals surface area contributed by atoms with Gasteiger partial charge in [0.2, 0.25) is 0 Å². The number of aromatic carboxylic acids is 1. The number of rotatable bonds is 6. The summed E-state index contributed by atoms with van der Waals surface area (Å²) in [6.07, 6.45) is 1.72. The quantitative estimate of drug-likeness (QED) is 0.483. The third-order valence-electron chi connectivity index (χ3n) is 6.18. The minimum absolute atomic E-state index is 0.143. The molecule has 1 aromatic carbocycles. The molecule has 0 bridgehead atoms. The predicted molar refractivity (Wildman–Crippen MR) is 115 cm³/mol. The van der Waals surface area contributed by atoms with Crippen LogP contribution in [0, 0.1) is 12.8 Å². The first-order valence-corrected chi connectivity index (χ1v) is 10.8. The number of carboxylic acids is 1. The summed E-state index contributed by atoms with van der Waals surface area (Å²) in [4.78, 5) is 21.9. The standard InChI is InChI=1S/C24H24F3N3O3/c1-14-18(23(31)32)3-2-4-20(14)33-13-15-5-7-16(8-6-15)19-10-9-17(11-28-19)22-29-12-21(30-22)24(25,26)27/h2-4,9-12,15-16H,5-8,13H2,1H3,(H,29,30)(H,31,32)/t15-,16-. The highest BCUT2D eigenvalue weighted by Gasteiger charge is 2.34. The molecule has 0 amide bonds. The highest BCUT2D eigenvalue weighted by molar-refractivity contribution is 5.90. The molecule has 6 nitrogen and oxygen atoms in total. The summed E-state index contributed by atoms with van der Waals surface area (Å²) in [6.45, 7) is 2.28. The molecule has 33 heavy (non-hydrogen) atoms. The summed E-state index contributed by atoms with van der Waals surface area (Å²) < 4.78 is 44.2. The number of halogens is 3. The van der Waals surface area contributed by atoms with E-state index in [0.29, 0.717) is 29.4 Å². The summed E-state index contributed by atoms with van der Waals surface area (Å²) in [5.74, 6) is 0.433. The maximum absolute atomic E-state index is 12.7. The number of carbonyl (C=O) groups is 1. The normalized spacial score (nSPS) is 18.8. The second-order valence-electron chi connectivity index (χ2n) is 8.37. The Kier molecular flexibility index (Phi) is 6.40. The van der Waals surface area contributed by atoms with Gasteiger partial charge in [-0.25, -0.2) is 9.78 Å². The van der Waals surface area contributed by atoms with Crippen molar-refractivity contribution in [2.45, 2.75) is 44.7 Å². The fourth-order valence-corrected chi connectivity index (χ4v) is 4.24. The van der Waals surface area contributed by atoms with E-state index in [9.17, 15) is 23.1 Å². The zero-order chi connectivity index (χ0) is 23.6. The highest BCUT2D eigenvalue weighted by Crippen LogP contribution is 2.36. The number of aromatic amines is 1. The molecule has 0 aliphatic heterocycles. The van der Waals surface area contributed by atoms with E-state index in [2.05, 4.69) is 15.0 Å². The third kappa shape index (κ3) is 5.18. The van der Waals surface area contributed by atoms with Gasteiger partial charge in [0.05, 0.1) is 12.2 Å². The van der Waals surface area contributed by atoms with Gasteiger partial charge in [-0.1, -0.05) is 6.07 Å². The van der Waals surface area contributed by atoms with Gasteiger partial charge in [-0.2, -0.15) is 13.2 Å². The van der Waals surface area contributed by atoms with Crippen LogP contribution in [0.5, 0.6) is 5.75 Å².